The van der Waals surface area contributed by atoms with Crippen molar-refractivity contribution in [3.05, 3.63) is 0 Å². The number of carboxylic acid groups (broad SMARTS) is 3. The Labute approximate surface area is 162 Å². The Bertz CT molecular complexity index is 428. The van der Waals surface area contributed by atoms with E-state index < -0.39 is 36.0 Å². The van der Waals surface area contributed by atoms with Crippen LogP contribution in [0.3, 0.4) is 0 Å². The third kappa shape index (κ3) is 17.5. The van der Waals surface area contributed by atoms with Gasteiger partial charge in [-0.3, -0.25) is 19.7 Å². The average Bonchev–Trinajstić information content (AvgIpc) is 2.56. The van der Waals surface area contributed by atoms with E-state index in [9.17, 15) is 14.4 Å². The molecule has 1 unspecified atom stereocenters. The van der Waals surface area contributed by atoms with Crippen LogP contribution in [0.5, 0.6) is 0 Å². The summed E-state index contributed by atoms with van der Waals surface area (Å²) < 4.78 is 0. The fraction of sp³-hybridized carbons (Fsp3) is 0.842. The van der Waals surface area contributed by atoms with Gasteiger partial charge < -0.3 is 21.1 Å². The fourth-order valence-electron chi connectivity index (χ4n) is 2.39. The first-order valence-corrected chi connectivity index (χ1v) is 9.72. The fourth-order valence-corrected chi connectivity index (χ4v) is 2.39. The topological polar surface area (TPSA) is 150 Å². The van der Waals surface area contributed by atoms with Crippen molar-refractivity contribution in [1.82, 2.24) is 5.32 Å². The van der Waals surface area contributed by atoms with Crippen LogP contribution in [0.4, 0.5) is 0 Å². The Kier molecular flexibility index (Phi) is 16.8. The largest absolute Gasteiger partial charge is 0.480 e. The summed E-state index contributed by atoms with van der Waals surface area (Å²) in [6.07, 6.45) is 7.58. The highest BCUT2D eigenvalue weighted by Gasteiger charge is 2.22. The number of hydrogen-bond acceptors (Lipinski definition) is 5. The lowest BCUT2D eigenvalue weighted by Gasteiger charge is -2.17. The van der Waals surface area contributed by atoms with Crippen molar-refractivity contribution in [3.8, 4) is 0 Å². The zero-order chi connectivity index (χ0) is 21.4. The maximum absolute atomic E-state index is 11.0. The Morgan fingerprint density at radius 1 is 0.852 bits per heavy atom. The van der Waals surface area contributed by atoms with E-state index in [1.165, 1.54) is 26.2 Å². The first kappa shape index (κ1) is 27.5. The average molecular weight is 391 g/mol. The van der Waals surface area contributed by atoms with Gasteiger partial charge in [0.2, 0.25) is 0 Å². The summed E-state index contributed by atoms with van der Waals surface area (Å²) in [7, 11) is 0. The number of carboxylic acids is 3. The van der Waals surface area contributed by atoms with Crippen LogP contribution in [0.15, 0.2) is 0 Å². The molecule has 27 heavy (non-hydrogen) atoms. The molecule has 0 aromatic rings. The second kappa shape index (κ2) is 16.5. The third-order valence-corrected chi connectivity index (χ3v) is 4.01. The molecule has 0 heterocycles. The summed E-state index contributed by atoms with van der Waals surface area (Å²) in [5, 5.41) is 28.6. The SMILES string of the molecule is CC(C)C[C@H](N)C(=O)O.CCCCCCCCC(N[C@H](C)C(=O)O)C(=O)O. The number of nitrogens with two attached hydrogens (primary N) is 1. The van der Waals surface area contributed by atoms with Crippen molar-refractivity contribution < 1.29 is 29.7 Å². The van der Waals surface area contributed by atoms with Gasteiger partial charge >= 0.3 is 17.9 Å². The predicted octanol–water partition coefficient (Wildman–Crippen LogP) is 2.70. The lowest BCUT2D eigenvalue weighted by molar-refractivity contribution is -0.142. The Hall–Kier alpha value is -1.67. The Morgan fingerprint density at radius 3 is 1.74 bits per heavy atom. The smallest absolute Gasteiger partial charge is 0.320 e. The minimum atomic E-state index is -1.02. The molecule has 0 aromatic carbocycles. The van der Waals surface area contributed by atoms with Gasteiger partial charge in [0, 0.05) is 0 Å². The molecule has 0 saturated heterocycles. The Balaban J connectivity index is 0. The maximum atomic E-state index is 11.0. The van der Waals surface area contributed by atoms with Crippen LogP contribution in [-0.4, -0.2) is 51.4 Å². The van der Waals surface area contributed by atoms with Crippen LogP contribution < -0.4 is 11.1 Å². The highest BCUT2D eigenvalue weighted by Crippen LogP contribution is 2.09. The van der Waals surface area contributed by atoms with Gasteiger partial charge in [0.25, 0.3) is 0 Å². The quantitative estimate of drug-likeness (QED) is 0.284. The molecule has 3 atom stereocenters. The van der Waals surface area contributed by atoms with E-state index in [0.717, 1.165) is 19.3 Å². The normalized spacial score (nSPS) is 14.0. The van der Waals surface area contributed by atoms with Gasteiger partial charge in [-0.05, 0) is 25.7 Å². The van der Waals surface area contributed by atoms with E-state index in [1.807, 2.05) is 13.8 Å². The Morgan fingerprint density at radius 2 is 1.37 bits per heavy atom. The molecule has 0 spiro atoms. The van der Waals surface area contributed by atoms with Crippen molar-refractivity contribution in [1.29, 1.82) is 0 Å². The highest BCUT2D eigenvalue weighted by atomic mass is 16.4. The molecule has 0 aliphatic heterocycles. The number of unbranched alkanes of at least 4 members (excludes halogenated alkanes) is 5. The van der Waals surface area contributed by atoms with Gasteiger partial charge in [-0.25, -0.2) is 0 Å². The van der Waals surface area contributed by atoms with Crippen LogP contribution >= 0.6 is 0 Å². The minimum Gasteiger partial charge on any atom is -0.480 e. The third-order valence-electron chi connectivity index (χ3n) is 4.01. The van der Waals surface area contributed by atoms with Crippen molar-refractivity contribution in [2.24, 2.45) is 11.7 Å². The van der Waals surface area contributed by atoms with E-state index in [4.69, 9.17) is 21.1 Å². The molecule has 0 fully saturated rings. The number of rotatable bonds is 14. The lowest BCUT2D eigenvalue weighted by Crippen LogP contribution is -2.45. The summed E-state index contributed by atoms with van der Waals surface area (Å²) in [5.74, 6) is -2.55. The van der Waals surface area contributed by atoms with Gasteiger partial charge in [0.15, 0.2) is 0 Å². The second-order valence-corrected chi connectivity index (χ2v) is 7.25. The summed E-state index contributed by atoms with van der Waals surface area (Å²) in [5.41, 5.74) is 5.22. The number of nitrogens with one attached hydrogen (secondary N) is 1. The predicted molar refractivity (Wildman–Crippen MR) is 105 cm³/mol. The van der Waals surface area contributed by atoms with E-state index in [-0.39, 0.29) is 0 Å². The molecule has 0 saturated carbocycles. The van der Waals surface area contributed by atoms with Crippen LogP contribution in [0.25, 0.3) is 0 Å². The summed E-state index contributed by atoms with van der Waals surface area (Å²) in [6, 6.07) is -2.28. The molecular formula is C19H38N2O6. The van der Waals surface area contributed by atoms with Gasteiger partial charge in [-0.15, -0.1) is 0 Å². The molecule has 8 heteroatoms. The van der Waals surface area contributed by atoms with Crippen LogP contribution in [0.2, 0.25) is 0 Å². The molecule has 6 N–H and O–H groups in total. The van der Waals surface area contributed by atoms with Crippen molar-refractivity contribution in [2.75, 3.05) is 0 Å². The molecule has 0 amide bonds. The van der Waals surface area contributed by atoms with Gasteiger partial charge in [0.05, 0.1) is 0 Å². The number of carbonyl (C=O) groups is 3. The molecule has 160 valence electrons. The number of aliphatic carboxylic acids is 3. The molecule has 0 aliphatic rings. The molecule has 0 aliphatic carbocycles. The van der Waals surface area contributed by atoms with E-state index in [0.29, 0.717) is 18.8 Å². The van der Waals surface area contributed by atoms with E-state index in [1.54, 1.807) is 0 Å². The molecule has 0 rings (SSSR count). The minimum absolute atomic E-state index is 0.357. The molecule has 8 nitrogen and oxygen atoms in total. The van der Waals surface area contributed by atoms with E-state index >= 15 is 0 Å². The van der Waals surface area contributed by atoms with Crippen molar-refractivity contribution in [3.63, 3.8) is 0 Å². The van der Waals surface area contributed by atoms with Crippen LogP contribution in [-0.2, 0) is 14.4 Å². The maximum Gasteiger partial charge on any atom is 0.320 e. The van der Waals surface area contributed by atoms with Gasteiger partial charge in [0.1, 0.15) is 18.1 Å². The van der Waals surface area contributed by atoms with Gasteiger partial charge in [-0.1, -0.05) is 59.3 Å². The monoisotopic (exact) mass is 390 g/mol. The summed E-state index contributed by atoms with van der Waals surface area (Å²) in [4.78, 5) is 31.7. The highest BCUT2D eigenvalue weighted by molar-refractivity contribution is 5.77. The second-order valence-electron chi connectivity index (χ2n) is 7.25. The number of hydrogen-bond donors (Lipinski definition) is 5. The first-order valence-electron chi connectivity index (χ1n) is 9.72. The summed E-state index contributed by atoms with van der Waals surface area (Å²) >= 11 is 0. The van der Waals surface area contributed by atoms with Crippen LogP contribution in [0, 0.1) is 5.92 Å². The zero-order valence-corrected chi connectivity index (χ0v) is 17.1. The molecule has 0 bridgehead atoms. The lowest BCUT2D eigenvalue weighted by atomic mass is 10.1. The van der Waals surface area contributed by atoms with E-state index in [2.05, 4.69) is 12.2 Å². The first-order chi connectivity index (χ1) is 12.5. The van der Waals surface area contributed by atoms with Crippen molar-refractivity contribution >= 4 is 17.9 Å². The van der Waals surface area contributed by atoms with Crippen molar-refractivity contribution in [2.45, 2.75) is 97.2 Å². The molecular weight excluding hydrogens is 352 g/mol. The molecule has 0 radical (unpaired) electrons. The summed E-state index contributed by atoms with van der Waals surface area (Å²) in [6.45, 7) is 7.50. The van der Waals surface area contributed by atoms with Gasteiger partial charge in [-0.2, -0.15) is 0 Å². The van der Waals surface area contributed by atoms with Crippen LogP contribution in [0.1, 0.15) is 79.1 Å². The standard InChI is InChI=1S/C13H25NO4.C6H13NO2/c1-3-4-5-6-7-8-9-11(13(17)18)14-10(2)12(15)16;1-4(2)3-5(7)6(8)9/h10-11,14H,3-9H2,1-2H3,(H,15,16)(H,17,18);4-5H,3,7H2,1-2H3,(H,8,9)/t10-,11?;5-/m10/s1. The molecule has 0 aromatic heterocycles. The zero-order valence-electron chi connectivity index (χ0n) is 17.1.